The molecule has 4 heteroatoms. The third kappa shape index (κ3) is 2.58. The zero-order valence-corrected chi connectivity index (χ0v) is 13.9. The van der Waals surface area contributed by atoms with E-state index in [-0.39, 0.29) is 23.1 Å². The van der Waals surface area contributed by atoms with Crippen molar-refractivity contribution in [3.63, 3.8) is 0 Å². The molecule has 4 rings (SSSR count). The van der Waals surface area contributed by atoms with Crippen molar-refractivity contribution in [3.05, 3.63) is 41.8 Å². The number of hydrogen-bond acceptors (Lipinski definition) is 3. The normalized spacial score (nSPS) is 28.9. The van der Waals surface area contributed by atoms with Gasteiger partial charge in [-0.25, -0.2) is 4.39 Å². The van der Waals surface area contributed by atoms with E-state index < -0.39 is 0 Å². The van der Waals surface area contributed by atoms with Crippen LogP contribution in [-0.4, -0.2) is 17.6 Å². The molecule has 1 aromatic heterocycles. The molecule has 1 atom stereocenters. The van der Waals surface area contributed by atoms with Gasteiger partial charge in [0.2, 0.25) is 0 Å². The minimum absolute atomic E-state index is 0.0209. The third-order valence-electron chi connectivity index (χ3n) is 5.92. The summed E-state index contributed by atoms with van der Waals surface area (Å²) < 4.78 is 18.8. The van der Waals surface area contributed by atoms with Gasteiger partial charge in [-0.05, 0) is 80.2 Å². The Labute approximate surface area is 141 Å². The van der Waals surface area contributed by atoms with Gasteiger partial charge in [-0.3, -0.25) is 9.78 Å². The molecule has 24 heavy (non-hydrogen) atoms. The number of carbonyl (C=O) groups excluding carboxylic acids is 1. The second-order valence-corrected chi connectivity index (χ2v) is 7.21. The van der Waals surface area contributed by atoms with Crippen molar-refractivity contribution in [2.45, 2.75) is 44.9 Å². The van der Waals surface area contributed by atoms with Gasteiger partial charge in [-0.1, -0.05) is 0 Å². The Morgan fingerprint density at radius 1 is 1.33 bits per heavy atom. The van der Waals surface area contributed by atoms with Crippen molar-refractivity contribution in [1.29, 1.82) is 0 Å². The van der Waals surface area contributed by atoms with E-state index in [1.54, 1.807) is 12.1 Å². The Kier molecular flexibility index (Phi) is 3.78. The molecule has 2 aliphatic carbocycles. The fraction of sp³-hybridized carbons (Fsp3) is 0.500. The van der Waals surface area contributed by atoms with E-state index in [0.717, 1.165) is 43.0 Å². The van der Waals surface area contributed by atoms with Crippen LogP contribution in [0.3, 0.4) is 0 Å². The summed E-state index contributed by atoms with van der Waals surface area (Å²) in [5, 5.41) is 0.927. The van der Waals surface area contributed by atoms with Crippen LogP contribution < -0.4 is 0 Å². The number of nitrogens with zero attached hydrogens (tertiary/aromatic N) is 1. The molecule has 0 aliphatic heterocycles. The average molecular weight is 327 g/mol. The SMILES string of the molecule is CCOC(=O)[C@H]1CC12CCC(c1ccnc3ccc(F)cc13)CC2. The lowest BCUT2D eigenvalue weighted by Gasteiger charge is -2.30. The van der Waals surface area contributed by atoms with E-state index in [1.807, 2.05) is 19.2 Å². The summed E-state index contributed by atoms with van der Waals surface area (Å²) in [4.78, 5) is 16.3. The number of aromatic nitrogens is 1. The molecular weight excluding hydrogens is 305 g/mol. The Morgan fingerprint density at radius 3 is 2.88 bits per heavy atom. The van der Waals surface area contributed by atoms with Crippen LogP contribution in [0.5, 0.6) is 0 Å². The van der Waals surface area contributed by atoms with Gasteiger partial charge >= 0.3 is 5.97 Å². The number of ether oxygens (including phenoxy) is 1. The molecule has 1 spiro atoms. The van der Waals surface area contributed by atoms with Crippen LogP contribution >= 0.6 is 0 Å². The molecule has 0 amide bonds. The maximum atomic E-state index is 13.7. The molecule has 1 heterocycles. The van der Waals surface area contributed by atoms with E-state index in [2.05, 4.69) is 4.98 Å². The van der Waals surface area contributed by atoms with Gasteiger partial charge in [-0.15, -0.1) is 0 Å². The first-order valence-electron chi connectivity index (χ1n) is 8.84. The summed E-state index contributed by atoms with van der Waals surface area (Å²) in [5.41, 5.74) is 2.23. The van der Waals surface area contributed by atoms with Gasteiger partial charge in [0.25, 0.3) is 0 Å². The van der Waals surface area contributed by atoms with Crippen molar-refractivity contribution in [2.75, 3.05) is 6.61 Å². The van der Waals surface area contributed by atoms with Crippen molar-refractivity contribution in [2.24, 2.45) is 11.3 Å². The maximum absolute atomic E-state index is 13.7. The highest BCUT2D eigenvalue weighted by Crippen LogP contribution is 2.63. The molecule has 2 aromatic rings. The Bertz CT molecular complexity index is 780. The predicted molar refractivity (Wildman–Crippen MR) is 90.1 cm³/mol. The van der Waals surface area contributed by atoms with E-state index in [0.29, 0.717) is 12.5 Å². The molecule has 1 aromatic carbocycles. The first-order chi connectivity index (χ1) is 11.6. The van der Waals surface area contributed by atoms with Crippen molar-refractivity contribution in [1.82, 2.24) is 4.98 Å². The molecule has 126 valence electrons. The van der Waals surface area contributed by atoms with Gasteiger partial charge in [0.15, 0.2) is 0 Å². The number of benzene rings is 1. The molecule has 2 saturated carbocycles. The molecule has 0 radical (unpaired) electrons. The topological polar surface area (TPSA) is 39.2 Å². The number of halogens is 1. The van der Waals surface area contributed by atoms with Gasteiger partial charge in [0.05, 0.1) is 18.0 Å². The predicted octanol–water partition coefficient (Wildman–Crippen LogP) is 4.60. The van der Waals surface area contributed by atoms with Crippen LogP contribution in [0, 0.1) is 17.2 Å². The van der Waals surface area contributed by atoms with Gasteiger partial charge in [-0.2, -0.15) is 0 Å². The smallest absolute Gasteiger partial charge is 0.309 e. The third-order valence-corrected chi connectivity index (χ3v) is 5.92. The Balaban J connectivity index is 1.51. The fourth-order valence-corrected chi connectivity index (χ4v) is 4.48. The summed E-state index contributed by atoms with van der Waals surface area (Å²) in [6.45, 7) is 2.32. The van der Waals surface area contributed by atoms with Gasteiger partial charge < -0.3 is 4.74 Å². The van der Waals surface area contributed by atoms with Crippen molar-refractivity contribution >= 4 is 16.9 Å². The van der Waals surface area contributed by atoms with Crippen LogP contribution in [0.15, 0.2) is 30.5 Å². The maximum Gasteiger partial charge on any atom is 0.309 e. The number of rotatable bonds is 3. The number of hydrogen-bond donors (Lipinski definition) is 0. The van der Waals surface area contributed by atoms with Gasteiger partial charge in [0, 0.05) is 11.6 Å². The standard InChI is InChI=1S/C20H22FNO2/c1-2-24-19(23)17-12-20(17)8-5-13(6-9-20)15-7-10-22-18-4-3-14(21)11-16(15)18/h3-4,7,10-11,13,17H,2,5-6,8-9,12H2,1H3/t13?,17-,20?/m1/s1. The largest absolute Gasteiger partial charge is 0.466 e. The first kappa shape index (κ1) is 15.6. The summed E-state index contributed by atoms with van der Waals surface area (Å²) in [6.07, 6.45) is 7.00. The number of pyridine rings is 1. The van der Waals surface area contributed by atoms with Crippen LogP contribution in [0.2, 0.25) is 0 Å². The summed E-state index contributed by atoms with van der Waals surface area (Å²) >= 11 is 0. The lowest BCUT2D eigenvalue weighted by molar-refractivity contribution is -0.145. The Morgan fingerprint density at radius 2 is 2.12 bits per heavy atom. The van der Waals surface area contributed by atoms with E-state index in [1.165, 1.54) is 11.6 Å². The average Bonchev–Trinajstić information content (AvgIpc) is 3.29. The number of carbonyl (C=O) groups is 1. The van der Waals surface area contributed by atoms with Crippen LogP contribution in [0.4, 0.5) is 4.39 Å². The number of fused-ring (bicyclic) bond motifs is 1. The molecule has 2 aliphatic rings. The second-order valence-electron chi connectivity index (χ2n) is 7.21. The molecule has 3 nitrogen and oxygen atoms in total. The zero-order chi connectivity index (χ0) is 16.7. The highest BCUT2D eigenvalue weighted by atomic mass is 19.1. The molecular formula is C20H22FNO2. The minimum atomic E-state index is -0.214. The van der Waals surface area contributed by atoms with E-state index >= 15 is 0 Å². The molecule has 0 saturated heterocycles. The molecule has 0 bridgehead atoms. The first-order valence-corrected chi connectivity index (χ1v) is 8.84. The summed E-state index contributed by atoms with van der Waals surface area (Å²) in [5.74, 6) is 0.289. The molecule has 0 unspecified atom stereocenters. The summed E-state index contributed by atoms with van der Waals surface area (Å²) in [6, 6.07) is 6.83. The molecule has 0 N–H and O–H groups in total. The summed E-state index contributed by atoms with van der Waals surface area (Å²) in [7, 11) is 0. The highest BCUT2D eigenvalue weighted by Gasteiger charge is 2.59. The van der Waals surface area contributed by atoms with Gasteiger partial charge in [0.1, 0.15) is 5.82 Å². The highest BCUT2D eigenvalue weighted by molar-refractivity contribution is 5.82. The van der Waals surface area contributed by atoms with E-state index in [4.69, 9.17) is 4.74 Å². The van der Waals surface area contributed by atoms with Crippen molar-refractivity contribution < 1.29 is 13.9 Å². The second kappa shape index (κ2) is 5.83. The lowest BCUT2D eigenvalue weighted by Crippen LogP contribution is -2.20. The lowest BCUT2D eigenvalue weighted by atomic mass is 9.75. The quantitative estimate of drug-likeness (QED) is 0.773. The molecule has 2 fully saturated rings. The number of esters is 1. The monoisotopic (exact) mass is 327 g/mol. The Hall–Kier alpha value is -1.97. The zero-order valence-electron chi connectivity index (χ0n) is 13.9. The van der Waals surface area contributed by atoms with Crippen LogP contribution in [0.25, 0.3) is 10.9 Å². The van der Waals surface area contributed by atoms with Crippen LogP contribution in [0.1, 0.15) is 50.5 Å². The van der Waals surface area contributed by atoms with Crippen LogP contribution in [-0.2, 0) is 9.53 Å². The fourth-order valence-electron chi connectivity index (χ4n) is 4.48. The minimum Gasteiger partial charge on any atom is -0.466 e. The van der Waals surface area contributed by atoms with Crippen molar-refractivity contribution in [3.8, 4) is 0 Å². The van der Waals surface area contributed by atoms with E-state index in [9.17, 15) is 9.18 Å².